The third kappa shape index (κ3) is 2.33. The normalized spacial score (nSPS) is 29.0. The average Bonchev–Trinajstić information content (AvgIpc) is 3.08. The molecule has 0 spiro atoms. The van der Waals surface area contributed by atoms with Crippen LogP contribution >= 0.6 is 0 Å². The minimum absolute atomic E-state index is 0.116. The van der Waals surface area contributed by atoms with E-state index in [0.29, 0.717) is 13.0 Å². The van der Waals surface area contributed by atoms with Crippen LogP contribution in [-0.2, 0) is 0 Å². The number of anilines is 1. The molecule has 0 bridgehead atoms. The van der Waals surface area contributed by atoms with Gasteiger partial charge in [0.05, 0.1) is 11.6 Å². The van der Waals surface area contributed by atoms with Gasteiger partial charge < -0.3 is 10.0 Å². The van der Waals surface area contributed by atoms with Crippen LogP contribution in [0.1, 0.15) is 12.0 Å². The van der Waals surface area contributed by atoms with Crippen LogP contribution in [0.2, 0.25) is 0 Å². The number of aliphatic hydroxyl groups excluding tert-OH is 1. The fourth-order valence-corrected chi connectivity index (χ4v) is 3.15. The second-order valence-corrected chi connectivity index (χ2v) is 5.56. The molecular formula is C14H12F4N2O. The van der Waals surface area contributed by atoms with Gasteiger partial charge in [0.2, 0.25) is 0 Å². The number of alkyl halides is 3. The molecule has 4 unspecified atom stereocenters. The van der Waals surface area contributed by atoms with Crippen LogP contribution in [0, 0.1) is 29.0 Å². The molecule has 112 valence electrons. The second kappa shape index (κ2) is 4.60. The molecule has 1 saturated heterocycles. The smallest absolute Gasteiger partial charge is 0.382 e. The molecule has 1 aromatic carbocycles. The van der Waals surface area contributed by atoms with Crippen molar-refractivity contribution in [1.29, 1.82) is 5.26 Å². The SMILES string of the molecule is N#Cc1ccc(N2CC3CC3C2C(O)C(F)(F)F)cc1F. The number of aliphatic hydroxyl groups is 1. The van der Waals surface area contributed by atoms with Gasteiger partial charge in [0.25, 0.3) is 0 Å². The molecule has 4 atom stereocenters. The standard InChI is InChI=1S/C14H12F4N2O/c15-11-4-9(2-1-7(11)5-19)20-6-8-3-10(8)12(20)13(21)14(16,17)18/h1-2,4,8,10,12-13,21H,3,6H2. The Labute approximate surface area is 118 Å². The predicted molar refractivity (Wildman–Crippen MR) is 65.9 cm³/mol. The van der Waals surface area contributed by atoms with E-state index in [1.54, 1.807) is 6.07 Å². The molecule has 21 heavy (non-hydrogen) atoms. The highest BCUT2D eigenvalue weighted by Crippen LogP contribution is 2.53. The zero-order valence-corrected chi connectivity index (χ0v) is 10.8. The maximum atomic E-state index is 13.6. The van der Waals surface area contributed by atoms with Crippen molar-refractivity contribution in [1.82, 2.24) is 0 Å². The summed E-state index contributed by atoms with van der Waals surface area (Å²) in [5, 5.41) is 18.2. The lowest BCUT2D eigenvalue weighted by Gasteiger charge is -2.33. The zero-order chi connectivity index (χ0) is 15.4. The first kappa shape index (κ1) is 14.1. The molecule has 1 saturated carbocycles. The van der Waals surface area contributed by atoms with Crippen LogP contribution in [-0.4, -0.2) is 30.0 Å². The van der Waals surface area contributed by atoms with Crippen molar-refractivity contribution in [2.24, 2.45) is 11.8 Å². The Balaban J connectivity index is 1.91. The lowest BCUT2D eigenvalue weighted by atomic mass is 10.0. The largest absolute Gasteiger partial charge is 0.416 e. The van der Waals surface area contributed by atoms with Gasteiger partial charge >= 0.3 is 6.18 Å². The van der Waals surface area contributed by atoms with Gasteiger partial charge in [-0.2, -0.15) is 18.4 Å². The molecule has 3 rings (SSSR count). The van der Waals surface area contributed by atoms with E-state index < -0.39 is 24.1 Å². The molecule has 1 N–H and O–H groups in total. The highest BCUT2D eigenvalue weighted by molar-refractivity contribution is 5.54. The first-order valence-electron chi connectivity index (χ1n) is 6.54. The molecular weight excluding hydrogens is 288 g/mol. The quantitative estimate of drug-likeness (QED) is 0.853. The zero-order valence-electron chi connectivity index (χ0n) is 10.8. The Hall–Kier alpha value is -1.81. The fraction of sp³-hybridized carbons (Fsp3) is 0.500. The summed E-state index contributed by atoms with van der Waals surface area (Å²) in [6.07, 6.45) is -6.49. The molecule has 0 radical (unpaired) electrons. The minimum Gasteiger partial charge on any atom is -0.382 e. The van der Waals surface area contributed by atoms with Crippen LogP contribution in [0.5, 0.6) is 0 Å². The fourth-order valence-electron chi connectivity index (χ4n) is 3.15. The Bertz CT molecular complexity index is 610. The van der Waals surface area contributed by atoms with Gasteiger partial charge in [0.1, 0.15) is 11.9 Å². The molecule has 3 nitrogen and oxygen atoms in total. The number of halogens is 4. The van der Waals surface area contributed by atoms with Gasteiger partial charge in [-0.15, -0.1) is 0 Å². The van der Waals surface area contributed by atoms with E-state index in [-0.39, 0.29) is 23.1 Å². The molecule has 1 aliphatic heterocycles. The minimum atomic E-state index is -4.70. The van der Waals surface area contributed by atoms with Crippen LogP contribution < -0.4 is 4.90 Å². The molecule has 0 amide bonds. The molecule has 0 aromatic heterocycles. The predicted octanol–water partition coefficient (Wildman–Crippen LogP) is 2.45. The summed E-state index contributed by atoms with van der Waals surface area (Å²) in [6.45, 7) is 0.369. The first-order chi connectivity index (χ1) is 9.82. The average molecular weight is 300 g/mol. The van der Waals surface area contributed by atoms with E-state index in [2.05, 4.69) is 0 Å². The van der Waals surface area contributed by atoms with E-state index in [0.717, 1.165) is 6.07 Å². The van der Waals surface area contributed by atoms with E-state index in [9.17, 15) is 22.7 Å². The van der Waals surface area contributed by atoms with Crippen molar-refractivity contribution in [3.05, 3.63) is 29.6 Å². The van der Waals surface area contributed by atoms with Gasteiger partial charge in [0, 0.05) is 12.2 Å². The van der Waals surface area contributed by atoms with Gasteiger partial charge in [-0.05, 0) is 36.5 Å². The van der Waals surface area contributed by atoms with Crippen molar-refractivity contribution in [2.45, 2.75) is 24.7 Å². The summed E-state index contributed by atoms with van der Waals surface area (Å²) in [5.74, 6) is -0.859. The number of piperidine rings is 1. The third-order valence-corrected chi connectivity index (χ3v) is 4.27. The van der Waals surface area contributed by atoms with Crippen molar-refractivity contribution < 1.29 is 22.7 Å². The number of nitriles is 1. The number of hydrogen-bond acceptors (Lipinski definition) is 3. The van der Waals surface area contributed by atoms with Crippen molar-refractivity contribution >= 4 is 5.69 Å². The van der Waals surface area contributed by atoms with Crippen molar-refractivity contribution in [2.75, 3.05) is 11.4 Å². The third-order valence-electron chi connectivity index (χ3n) is 4.27. The maximum Gasteiger partial charge on any atom is 0.416 e. The van der Waals surface area contributed by atoms with Crippen LogP contribution in [0.3, 0.4) is 0 Å². The van der Waals surface area contributed by atoms with Crippen molar-refractivity contribution in [3.8, 4) is 6.07 Å². The van der Waals surface area contributed by atoms with Crippen LogP contribution in [0.15, 0.2) is 18.2 Å². The van der Waals surface area contributed by atoms with E-state index >= 15 is 0 Å². The highest BCUT2D eigenvalue weighted by Gasteiger charge is 2.60. The Morgan fingerprint density at radius 3 is 2.67 bits per heavy atom. The molecule has 7 heteroatoms. The molecule has 1 heterocycles. The lowest BCUT2D eigenvalue weighted by molar-refractivity contribution is -0.210. The lowest BCUT2D eigenvalue weighted by Crippen LogP contribution is -2.49. The summed E-state index contributed by atoms with van der Waals surface area (Å²) in [7, 11) is 0. The van der Waals surface area contributed by atoms with Gasteiger partial charge in [-0.25, -0.2) is 4.39 Å². The van der Waals surface area contributed by atoms with E-state index in [1.165, 1.54) is 17.0 Å². The number of rotatable bonds is 2. The van der Waals surface area contributed by atoms with E-state index in [1.807, 2.05) is 0 Å². The summed E-state index contributed by atoms with van der Waals surface area (Å²) < 4.78 is 52.0. The molecule has 1 aromatic rings. The Kier molecular flexibility index (Phi) is 3.10. The van der Waals surface area contributed by atoms with Crippen LogP contribution in [0.25, 0.3) is 0 Å². The molecule has 2 aliphatic rings. The topological polar surface area (TPSA) is 47.3 Å². The van der Waals surface area contributed by atoms with Crippen LogP contribution in [0.4, 0.5) is 23.2 Å². The van der Waals surface area contributed by atoms with E-state index in [4.69, 9.17) is 5.26 Å². The number of hydrogen-bond donors (Lipinski definition) is 1. The molecule has 1 aliphatic carbocycles. The Morgan fingerprint density at radius 2 is 2.10 bits per heavy atom. The maximum absolute atomic E-state index is 13.6. The molecule has 2 fully saturated rings. The summed E-state index contributed by atoms with van der Waals surface area (Å²) in [5.41, 5.74) is 0.114. The number of fused-ring (bicyclic) bond motifs is 1. The van der Waals surface area contributed by atoms with Crippen molar-refractivity contribution in [3.63, 3.8) is 0 Å². The van der Waals surface area contributed by atoms with Gasteiger partial charge in [-0.1, -0.05) is 0 Å². The summed E-state index contributed by atoms with van der Waals surface area (Å²) in [4.78, 5) is 1.40. The van der Waals surface area contributed by atoms with Gasteiger partial charge in [0.15, 0.2) is 6.10 Å². The number of nitrogens with zero attached hydrogens (tertiary/aromatic N) is 2. The monoisotopic (exact) mass is 300 g/mol. The summed E-state index contributed by atoms with van der Waals surface area (Å²) in [6, 6.07) is 4.30. The Morgan fingerprint density at radius 1 is 1.38 bits per heavy atom. The first-order valence-corrected chi connectivity index (χ1v) is 6.54. The highest BCUT2D eigenvalue weighted by atomic mass is 19.4. The second-order valence-electron chi connectivity index (χ2n) is 5.56. The van der Waals surface area contributed by atoms with Gasteiger partial charge in [-0.3, -0.25) is 0 Å². The number of benzene rings is 1. The summed E-state index contributed by atoms with van der Waals surface area (Å²) >= 11 is 0.